The van der Waals surface area contributed by atoms with Gasteiger partial charge in [-0.15, -0.1) is 5.12 Å². The Morgan fingerprint density at radius 3 is 2.12 bits per heavy atom. The summed E-state index contributed by atoms with van der Waals surface area (Å²) in [6.07, 6.45) is -5.67. The first-order chi connectivity index (χ1) is 11.5. The second-order valence-corrected chi connectivity index (χ2v) is 5.08. The molecule has 1 amide bonds. The van der Waals surface area contributed by atoms with Gasteiger partial charge >= 0.3 is 12.1 Å². The van der Waals surface area contributed by atoms with E-state index in [9.17, 15) is 40.4 Å². The molecule has 2 rings (SSSR count). The number of anilines is 1. The molecule has 0 fully saturated rings. The van der Waals surface area contributed by atoms with E-state index in [1.165, 1.54) is 0 Å². The fourth-order valence-corrected chi connectivity index (χ4v) is 2.43. The number of amides is 1. The van der Waals surface area contributed by atoms with Crippen molar-refractivity contribution in [3.8, 4) is 0 Å². The van der Waals surface area contributed by atoms with Crippen molar-refractivity contribution in [1.82, 2.24) is 0 Å². The summed E-state index contributed by atoms with van der Waals surface area (Å²) in [7, 11) is 0. The zero-order chi connectivity index (χ0) is 19.1. The van der Waals surface area contributed by atoms with E-state index in [-0.39, 0.29) is 25.3 Å². The van der Waals surface area contributed by atoms with Gasteiger partial charge in [-0.05, 0) is 19.3 Å². The highest BCUT2D eigenvalue weighted by molar-refractivity contribution is 6.09. The van der Waals surface area contributed by atoms with Crippen LogP contribution >= 0.6 is 0 Å². The molecule has 136 valence electrons. The Kier molecular flexibility index (Phi) is 4.78. The van der Waals surface area contributed by atoms with Crippen LogP contribution < -0.4 is 5.12 Å². The van der Waals surface area contributed by atoms with Gasteiger partial charge < -0.3 is 5.11 Å². The lowest BCUT2D eigenvalue weighted by Crippen LogP contribution is -2.27. The molecule has 0 aliphatic heterocycles. The fraction of sp³-hybridized carbons (Fsp3) is 0.286. The quantitative estimate of drug-likeness (QED) is 0.498. The highest BCUT2D eigenvalue weighted by atomic mass is 19.4. The van der Waals surface area contributed by atoms with Crippen molar-refractivity contribution >= 4 is 17.6 Å². The van der Waals surface area contributed by atoms with Crippen LogP contribution in [0.5, 0.6) is 0 Å². The Balaban J connectivity index is 2.51. The third-order valence-electron chi connectivity index (χ3n) is 3.55. The van der Waals surface area contributed by atoms with E-state index in [0.29, 0.717) is 0 Å². The smallest absolute Gasteiger partial charge is 0.422 e. The maximum absolute atomic E-state index is 14.1. The van der Waals surface area contributed by atoms with Crippen molar-refractivity contribution in [2.45, 2.75) is 25.4 Å². The molecule has 0 aromatic heterocycles. The van der Waals surface area contributed by atoms with E-state index in [4.69, 9.17) is 5.11 Å². The Hall–Kier alpha value is -2.59. The van der Waals surface area contributed by atoms with Crippen molar-refractivity contribution in [3.63, 3.8) is 0 Å². The molecule has 0 atom stereocenters. The molecule has 0 heterocycles. The van der Waals surface area contributed by atoms with E-state index >= 15 is 0 Å². The van der Waals surface area contributed by atoms with Gasteiger partial charge in [0.05, 0.1) is 0 Å². The Morgan fingerprint density at radius 2 is 1.60 bits per heavy atom. The van der Waals surface area contributed by atoms with Gasteiger partial charge in [0.15, 0.2) is 11.6 Å². The van der Waals surface area contributed by atoms with Crippen LogP contribution in [0.15, 0.2) is 17.2 Å². The number of carboxylic acid groups (broad SMARTS) is 1. The van der Waals surface area contributed by atoms with Crippen LogP contribution in [0, 0.1) is 17.5 Å². The van der Waals surface area contributed by atoms with Gasteiger partial charge in [0.25, 0.3) is 5.91 Å². The second-order valence-electron chi connectivity index (χ2n) is 5.08. The molecule has 0 unspecified atom stereocenters. The number of alkyl halides is 3. The number of nitrogens with zero attached hydrogens (tertiary/aromatic N) is 1. The van der Waals surface area contributed by atoms with Crippen molar-refractivity contribution < 1.29 is 45.5 Å². The lowest BCUT2D eigenvalue weighted by Gasteiger charge is -2.17. The number of rotatable bonds is 3. The molecule has 0 saturated heterocycles. The number of carbonyl (C=O) groups excluding carboxylic acids is 1. The lowest BCUT2D eigenvalue weighted by molar-refractivity contribution is -0.142. The van der Waals surface area contributed by atoms with Gasteiger partial charge in [0.2, 0.25) is 0 Å². The number of hydrogen-bond acceptors (Lipinski definition) is 2. The van der Waals surface area contributed by atoms with Gasteiger partial charge in [-0.3, -0.25) is 4.79 Å². The molecule has 1 aliphatic carbocycles. The molecular weight excluding hydrogens is 363 g/mol. The molecule has 1 aromatic rings. The predicted molar refractivity (Wildman–Crippen MR) is 68.4 cm³/mol. The van der Waals surface area contributed by atoms with Crippen molar-refractivity contribution in [2.75, 3.05) is 5.12 Å². The average Bonchev–Trinajstić information content (AvgIpc) is 2.97. The minimum absolute atomic E-state index is 0.0809. The number of benzene rings is 1. The zero-order valence-corrected chi connectivity index (χ0v) is 12.1. The van der Waals surface area contributed by atoms with Crippen LogP contribution in [0.3, 0.4) is 0 Å². The first-order valence-electron chi connectivity index (χ1n) is 6.67. The standard InChI is InChI=1S/C14H8F7NO3/c15-7-4-8(10(16)11(17)9(7)14(18,19)20)22(21)12(23)5-2-1-3-6(5)13(24)25/h4H,1-3H2,(H,24,25). The molecule has 4 nitrogen and oxygen atoms in total. The Morgan fingerprint density at radius 1 is 1.04 bits per heavy atom. The van der Waals surface area contributed by atoms with E-state index in [0.717, 1.165) is 0 Å². The minimum Gasteiger partial charge on any atom is -0.478 e. The first kappa shape index (κ1) is 18.7. The van der Waals surface area contributed by atoms with E-state index in [1.807, 2.05) is 0 Å². The molecular formula is C14H8F7NO3. The van der Waals surface area contributed by atoms with E-state index < -0.39 is 63.0 Å². The molecule has 0 radical (unpaired) electrons. The van der Waals surface area contributed by atoms with Gasteiger partial charge in [-0.1, -0.05) is 4.48 Å². The summed E-state index contributed by atoms with van der Waals surface area (Å²) in [5.41, 5.74) is -5.31. The molecule has 11 heteroatoms. The van der Waals surface area contributed by atoms with Crippen LogP contribution in [-0.2, 0) is 15.8 Å². The molecule has 1 aromatic carbocycles. The van der Waals surface area contributed by atoms with Gasteiger partial charge in [-0.2, -0.15) is 13.2 Å². The van der Waals surface area contributed by atoms with E-state index in [1.54, 1.807) is 0 Å². The number of halogens is 7. The van der Waals surface area contributed by atoms with Crippen molar-refractivity contribution in [2.24, 2.45) is 0 Å². The first-order valence-corrected chi connectivity index (χ1v) is 6.67. The number of aliphatic carboxylic acids is 1. The molecule has 1 N–H and O–H groups in total. The molecule has 1 aliphatic rings. The van der Waals surface area contributed by atoms with Crippen LogP contribution in [0.1, 0.15) is 24.8 Å². The number of hydrogen-bond donors (Lipinski definition) is 1. The number of carbonyl (C=O) groups is 2. The maximum atomic E-state index is 14.1. The topological polar surface area (TPSA) is 57.6 Å². The van der Waals surface area contributed by atoms with Crippen molar-refractivity contribution in [3.05, 3.63) is 40.2 Å². The predicted octanol–water partition coefficient (Wildman–Crippen LogP) is 3.91. The molecule has 0 saturated carbocycles. The van der Waals surface area contributed by atoms with Crippen LogP contribution in [0.25, 0.3) is 0 Å². The highest BCUT2D eigenvalue weighted by Gasteiger charge is 2.41. The maximum Gasteiger partial charge on any atom is 0.422 e. The highest BCUT2D eigenvalue weighted by Crippen LogP contribution is 2.38. The van der Waals surface area contributed by atoms with Crippen molar-refractivity contribution in [1.29, 1.82) is 0 Å². The van der Waals surface area contributed by atoms with Crippen LogP contribution in [0.2, 0.25) is 0 Å². The monoisotopic (exact) mass is 371 g/mol. The fourth-order valence-electron chi connectivity index (χ4n) is 2.43. The van der Waals surface area contributed by atoms with E-state index in [2.05, 4.69) is 0 Å². The third kappa shape index (κ3) is 3.30. The van der Waals surface area contributed by atoms with Gasteiger partial charge in [-0.25, -0.2) is 18.0 Å². The van der Waals surface area contributed by atoms with Crippen LogP contribution in [-0.4, -0.2) is 17.0 Å². The van der Waals surface area contributed by atoms with Gasteiger partial charge in [0.1, 0.15) is 17.1 Å². The molecule has 0 spiro atoms. The normalized spacial score (nSPS) is 14.8. The third-order valence-corrected chi connectivity index (χ3v) is 3.55. The van der Waals surface area contributed by atoms with Crippen LogP contribution in [0.4, 0.5) is 36.5 Å². The summed E-state index contributed by atoms with van der Waals surface area (Å²) >= 11 is 0. The summed E-state index contributed by atoms with van der Waals surface area (Å²) in [6.45, 7) is 0. The summed E-state index contributed by atoms with van der Waals surface area (Å²) in [5, 5.41) is 7.78. The average molecular weight is 371 g/mol. The largest absolute Gasteiger partial charge is 0.478 e. The SMILES string of the molecule is O=C(O)C1=C(C(=O)N(F)c2cc(F)c(C(F)(F)F)c(F)c2F)CCC1. The Labute approximate surface area is 135 Å². The Bertz CT molecular complexity index is 786. The summed E-state index contributed by atoms with van der Waals surface area (Å²) < 4.78 is 92.1. The summed E-state index contributed by atoms with van der Waals surface area (Å²) in [6, 6.07) is -0.324. The zero-order valence-electron chi connectivity index (χ0n) is 12.1. The summed E-state index contributed by atoms with van der Waals surface area (Å²) in [4.78, 5) is 22.8. The van der Waals surface area contributed by atoms with Gasteiger partial charge in [0, 0.05) is 17.2 Å². The summed E-state index contributed by atoms with van der Waals surface area (Å²) in [5.74, 6) is -10.7. The number of carboxylic acids is 1. The minimum atomic E-state index is -5.58. The second kappa shape index (κ2) is 6.37. The molecule has 25 heavy (non-hydrogen) atoms. The lowest BCUT2D eigenvalue weighted by atomic mass is 10.1. The molecule has 0 bridgehead atoms.